The minimum Gasteiger partial charge on any atom is -0.373 e. The zero-order chi connectivity index (χ0) is 18.5. The largest absolute Gasteiger partial charge is 0.373 e. The Bertz CT molecular complexity index is 623. The van der Waals surface area contributed by atoms with E-state index < -0.39 is 0 Å². The van der Waals surface area contributed by atoms with Crippen LogP contribution in [-0.2, 0) is 17.7 Å². The average Bonchev–Trinajstić information content (AvgIpc) is 3.33. The fraction of sp³-hybridized carbons (Fsp3) is 0.833. The highest BCUT2D eigenvalue weighted by molar-refractivity contribution is 14.0. The number of aryl methyl sites for hydroxylation is 1. The van der Waals surface area contributed by atoms with Gasteiger partial charge in [-0.05, 0) is 37.9 Å². The van der Waals surface area contributed by atoms with Crippen LogP contribution >= 0.6 is 35.7 Å². The van der Waals surface area contributed by atoms with Crippen molar-refractivity contribution in [3.63, 3.8) is 0 Å². The van der Waals surface area contributed by atoms with Gasteiger partial charge in [-0.15, -0.1) is 34.2 Å². The van der Waals surface area contributed by atoms with Crippen molar-refractivity contribution in [2.75, 3.05) is 19.8 Å². The van der Waals surface area contributed by atoms with Crippen LogP contribution in [0.25, 0.3) is 0 Å². The highest BCUT2D eigenvalue weighted by Crippen LogP contribution is 2.34. The number of ether oxygens (including phenoxy) is 1. The number of guanidine groups is 1. The van der Waals surface area contributed by atoms with E-state index in [1.54, 1.807) is 11.8 Å². The SMILES string of the molecule is CN=C(NCCCc1nnc(SC)n1CC(C)C)NC1CC2CCC1O2.I. The van der Waals surface area contributed by atoms with Crippen molar-refractivity contribution in [2.24, 2.45) is 10.9 Å². The summed E-state index contributed by atoms with van der Waals surface area (Å²) in [5.41, 5.74) is 0. The number of halogens is 1. The smallest absolute Gasteiger partial charge is 0.191 e. The van der Waals surface area contributed by atoms with E-state index in [9.17, 15) is 0 Å². The maximum absolute atomic E-state index is 5.91. The van der Waals surface area contributed by atoms with E-state index in [4.69, 9.17) is 4.74 Å². The first-order valence-electron chi connectivity index (χ1n) is 9.69. The van der Waals surface area contributed by atoms with Gasteiger partial charge in [0.15, 0.2) is 11.1 Å². The van der Waals surface area contributed by atoms with Gasteiger partial charge >= 0.3 is 0 Å². The molecule has 154 valence electrons. The van der Waals surface area contributed by atoms with E-state index >= 15 is 0 Å². The number of aromatic nitrogens is 3. The molecule has 3 heterocycles. The maximum atomic E-state index is 5.91. The highest BCUT2D eigenvalue weighted by atomic mass is 127. The molecule has 3 rings (SSSR count). The first-order chi connectivity index (χ1) is 12.6. The van der Waals surface area contributed by atoms with Gasteiger partial charge < -0.3 is 19.9 Å². The second-order valence-electron chi connectivity index (χ2n) is 7.57. The minimum atomic E-state index is 0. The zero-order valence-electron chi connectivity index (χ0n) is 16.8. The van der Waals surface area contributed by atoms with Crippen molar-refractivity contribution in [3.05, 3.63) is 5.82 Å². The number of nitrogens with one attached hydrogen (secondary N) is 2. The van der Waals surface area contributed by atoms with Gasteiger partial charge in [0.25, 0.3) is 0 Å². The van der Waals surface area contributed by atoms with Crippen LogP contribution in [-0.4, -0.2) is 58.8 Å². The third kappa shape index (κ3) is 5.96. The molecule has 2 aliphatic rings. The van der Waals surface area contributed by atoms with Crippen LogP contribution in [0.1, 0.15) is 45.4 Å². The van der Waals surface area contributed by atoms with Crippen LogP contribution in [0.4, 0.5) is 0 Å². The minimum absolute atomic E-state index is 0. The second-order valence-corrected chi connectivity index (χ2v) is 8.34. The van der Waals surface area contributed by atoms with Crippen molar-refractivity contribution in [1.82, 2.24) is 25.4 Å². The summed E-state index contributed by atoms with van der Waals surface area (Å²) in [4.78, 5) is 4.36. The fourth-order valence-electron chi connectivity index (χ4n) is 3.82. The van der Waals surface area contributed by atoms with E-state index in [2.05, 4.69) is 50.5 Å². The Labute approximate surface area is 183 Å². The van der Waals surface area contributed by atoms with Crippen LogP contribution in [0.3, 0.4) is 0 Å². The summed E-state index contributed by atoms with van der Waals surface area (Å²) in [6.45, 7) is 6.29. The highest BCUT2D eigenvalue weighted by Gasteiger charge is 2.41. The van der Waals surface area contributed by atoms with Gasteiger partial charge in [0, 0.05) is 26.6 Å². The Morgan fingerprint density at radius 3 is 2.78 bits per heavy atom. The lowest BCUT2D eigenvalue weighted by Crippen LogP contribution is -2.47. The fourth-order valence-corrected chi connectivity index (χ4v) is 4.34. The Hall–Kier alpha value is -0.550. The summed E-state index contributed by atoms with van der Waals surface area (Å²) in [5.74, 6) is 2.54. The summed E-state index contributed by atoms with van der Waals surface area (Å²) >= 11 is 1.66. The lowest BCUT2D eigenvalue weighted by Gasteiger charge is -2.22. The Morgan fingerprint density at radius 2 is 2.19 bits per heavy atom. The van der Waals surface area contributed by atoms with Gasteiger partial charge in [0.1, 0.15) is 5.82 Å². The normalized spacial score (nSPS) is 24.3. The molecule has 0 radical (unpaired) electrons. The third-order valence-electron chi connectivity index (χ3n) is 5.05. The molecule has 2 aliphatic heterocycles. The predicted molar refractivity (Wildman–Crippen MR) is 121 cm³/mol. The molecule has 1 aromatic rings. The van der Waals surface area contributed by atoms with Gasteiger partial charge in [-0.3, -0.25) is 4.99 Å². The molecule has 3 unspecified atom stereocenters. The number of hydrogen-bond acceptors (Lipinski definition) is 5. The molecule has 0 amide bonds. The first kappa shape index (κ1) is 22.7. The molecule has 27 heavy (non-hydrogen) atoms. The van der Waals surface area contributed by atoms with Gasteiger partial charge in [-0.1, -0.05) is 25.6 Å². The van der Waals surface area contributed by atoms with Crippen LogP contribution < -0.4 is 10.6 Å². The Balaban J connectivity index is 0.00000261. The van der Waals surface area contributed by atoms with E-state index in [0.29, 0.717) is 24.2 Å². The number of fused-ring (bicyclic) bond motifs is 2. The number of rotatable bonds is 8. The standard InChI is InChI=1S/C18H32N6OS.HI/c1-12(2)11-24-16(22-23-18(24)26-4)6-5-9-20-17(19-3)21-14-10-13-7-8-15(14)25-13;/h12-15H,5-11H2,1-4H3,(H2,19,20,21);1H. The van der Waals surface area contributed by atoms with Gasteiger partial charge in [0.05, 0.1) is 18.2 Å². The van der Waals surface area contributed by atoms with Crippen LogP contribution in [0.15, 0.2) is 10.1 Å². The molecule has 0 spiro atoms. The molecule has 2 bridgehead atoms. The average molecular weight is 508 g/mol. The van der Waals surface area contributed by atoms with Crippen LogP contribution in [0.2, 0.25) is 0 Å². The molecule has 9 heteroatoms. The lowest BCUT2D eigenvalue weighted by molar-refractivity contribution is 0.0992. The van der Waals surface area contributed by atoms with Crippen molar-refractivity contribution >= 4 is 41.7 Å². The lowest BCUT2D eigenvalue weighted by atomic mass is 9.96. The maximum Gasteiger partial charge on any atom is 0.191 e. The second kappa shape index (κ2) is 10.8. The number of hydrogen-bond donors (Lipinski definition) is 2. The predicted octanol–water partition coefficient (Wildman–Crippen LogP) is 2.69. The molecular formula is C18H33IN6OS. The quantitative estimate of drug-likeness (QED) is 0.185. The molecule has 0 aromatic carbocycles. The molecule has 7 nitrogen and oxygen atoms in total. The molecule has 1 aromatic heterocycles. The summed E-state index contributed by atoms with van der Waals surface area (Å²) in [6, 6.07) is 0.401. The number of nitrogens with zero attached hydrogens (tertiary/aromatic N) is 4. The molecule has 2 saturated heterocycles. The van der Waals surface area contributed by atoms with Crippen molar-refractivity contribution in [3.8, 4) is 0 Å². The van der Waals surface area contributed by atoms with Gasteiger partial charge in [-0.2, -0.15) is 0 Å². The molecule has 2 N–H and O–H groups in total. The van der Waals surface area contributed by atoms with E-state index in [-0.39, 0.29) is 24.0 Å². The summed E-state index contributed by atoms with van der Waals surface area (Å²) in [5, 5.41) is 16.7. The molecule has 2 fully saturated rings. The van der Waals surface area contributed by atoms with Crippen molar-refractivity contribution < 1.29 is 4.74 Å². The summed E-state index contributed by atoms with van der Waals surface area (Å²) in [7, 11) is 1.83. The van der Waals surface area contributed by atoms with E-state index in [1.807, 2.05) is 7.05 Å². The van der Waals surface area contributed by atoms with Crippen LogP contribution in [0.5, 0.6) is 0 Å². The number of thioether (sulfide) groups is 1. The number of aliphatic imine (C=N–C) groups is 1. The molecule has 0 saturated carbocycles. The van der Waals surface area contributed by atoms with Crippen LogP contribution in [0, 0.1) is 5.92 Å². The summed E-state index contributed by atoms with van der Waals surface area (Å²) in [6.07, 6.45) is 8.27. The zero-order valence-corrected chi connectivity index (χ0v) is 19.9. The van der Waals surface area contributed by atoms with E-state index in [0.717, 1.165) is 49.3 Å². The topological polar surface area (TPSA) is 76.4 Å². The Morgan fingerprint density at radius 1 is 1.37 bits per heavy atom. The third-order valence-corrected chi connectivity index (χ3v) is 5.71. The first-order valence-corrected chi connectivity index (χ1v) is 10.9. The monoisotopic (exact) mass is 508 g/mol. The van der Waals surface area contributed by atoms with Crippen molar-refractivity contribution in [2.45, 2.75) is 75.9 Å². The molecule has 3 atom stereocenters. The summed E-state index contributed by atoms with van der Waals surface area (Å²) < 4.78 is 8.17. The van der Waals surface area contributed by atoms with Crippen molar-refractivity contribution in [1.29, 1.82) is 0 Å². The van der Waals surface area contributed by atoms with Gasteiger partial charge in [0.2, 0.25) is 0 Å². The molecular weight excluding hydrogens is 475 g/mol. The van der Waals surface area contributed by atoms with Gasteiger partial charge in [-0.25, -0.2) is 0 Å². The molecule has 0 aliphatic carbocycles. The van der Waals surface area contributed by atoms with E-state index in [1.165, 1.54) is 12.8 Å². The Kier molecular flexibility index (Phi) is 9.13.